The Bertz CT molecular complexity index is 3450. The summed E-state index contributed by atoms with van der Waals surface area (Å²) in [7, 11) is 0. The molecule has 2 aliphatic heterocycles. The van der Waals surface area contributed by atoms with Gasteiger partial charge in [0.1, 0.15) is 0 Å². The Labute approximate surface area is 318 Å². The summed E-state index contributed by atoms with van der Waals surface area (Å²) < 4.78 is 2.59. The van der Waals surface area contributed by atoms with Gasteiger partial charge in [-0.2, -0.15) is 0 Å². The fourth-order valence-corrected chi connectivity index (χ4v) is 10.1. The SMILES string of the molecule is c1ccc(N2c3cc4ccccc4cc3B3c4c2cc(-c2ccc5cc6ccccc6cc5c2)cc4-n2c4ccccc4c4c5ccccc5cc3c42)cc1. The molecule has 0 unspecified atom stereocenters. The molecule has 3 heteroatoms. The van der Waals surface area contributed by atoms with Crippen LogP contribution >= 0.6 is 0 Å². The molecule has 1 aromatic heterocycles. The van der Waals surface area contributed by atoms with Crippen molar-refractivity contribution in [3.63, 3.8) is 0 Å². The summed E-state index contributed by atoms with van der Waals surface area (Å²) in [6.07, 6.45) is 0. The fraction of sp³-hybridized carbons (Fsp3) is 0. The van der Waals surface area contributed by atoms with E-state index in [0.29, 0.717) is 0 Å². The van der Waals surface area contributed by atoms with E-state index in [2.05, 4.69) is 198 Å². The third-order valence-corrected chi connectivity index (χ3v) is 12.4. The lowest BCUT2D eigenvalue weighted by Gasteiger charge is -2.41. The first-order valence-electron chi connectivity index (χ1n) is 19.2. The molecule has 13 rings (SSSR count). The van der Waals surface area contributed by atoms with E-state index in [-0.39, 0.29) is 6.71 Å². The molecule has 55 heavy (non-hydrogen) atoms. The Hall–Kier alpha value is -7.10. The lowest BCUT2D eigenvalue weighted by molar-refractivity contribution is 1.18. The van der Waals surface area contributed by atoms with E-state index in [1.807, 2.05) is 0 Å². The van der Waals surface area contributed by atoms with Crippen molar-refractivity contribution in [1.82, 2.24) is 4.57 Å². The van der Waals surface area contributed by atoms with E-state index in [9.17, 15) is 0 Å². The molecule has 10 aromatic carbocycles. The molecule has 0 saturated carbocycles. The largest absolute Gasteiger partial charge is 0.311 e. The molecule has 0 aliphatic carbocycles. The van der Waals surface area contributed by atoms with E-state index in [1.165, 1.54) is 109 Å². The van der Waals surface area contributed by atoms with Crippen LogP contribution in [0, 0.1) is 0 Å². The van der Waals surface area contributed by atoms with E-state index in [4.69, 9.17) is 0 Å². The maximum absolute atomic E-state index is 2.59. The van der Waals surface area contributed by atoms with E-state index in [0.717, 1.165) is 5.69 Å². The van der Waals surface area contributed by atoms with Crippen LogP contribution in [-0.4, -0.2) is 11.3 Å². The fourth-order valence-electron chi connectivity index (χ4n) is 10.1. The molecule has 0 amide bonds. The number of fused-ring (bicyclic) bond motifs is 12. The van der Waals surface area contributed by atoms with Crippen LogP contribution in [0.4, 0.5) is 17.1 Å². The van der Waals surface area contributed by atoms with Crippen molar-refractivity contribution in [3.8, 4) is 16.8 Å². The maximum Gasteiger partial charge on any atom is 0.252 e. The van der Waals surface area contributed by atoms with Crippen molar-refractivity contribution in [2.24, 2.45) is 0 Å². The van der Waals surface area contributed by atoms with Crippen LogP contribution < -0.4 is 21.3 Å². The van der Waals surface area contributed by atoms with Crippen LogP contribution in [0.1, 0.15) is 0 Å². The topological polar surface area (TPSA) is 8.17 Å². The second-order valence-corrected chi connectivity index (χ2v) is 15.3. The summed E-state index contributed by atoms with van der Waals surface area (Å²) in [5, 5.41) is 12.8. The average Bonchev–Trinajstić information content (AvgIpc) is 3.59. The predicted octanol–water partition coefficient (Wildman–Crippen LogP) is 11.7. The van der Waals surface area contributed by atoms with Crippen LogP contribution in [0.25, 0.3) is 81.7 Å². The van der Waals surface area contributed by atoms with Gasteiger partial charge in [-0.1, -0.05) is 133 Å². The molecule has 0 N–H and O–H groups in total. The number of hydrogen-bond acceptors (Lipinski definition) is 1. The lowest BCUT2D eigenvalue weighted by Crippen LogP contribution is -2.60. The molecule has 252 valence electrons. The van der Waals surface area contributed by atoms with Gasteiger partial charge in [0.25, 0.3) is 6.71 Å². The van der Waals surface area contributed by atoms with Gasteiger partial charge >= 0.3 is 0 Å². The van der Waals surface area contributed by atoms with Gasteiger partial charge in [-0.25, -0.2) is 0 Å². The molecule has 2 nitrogen and oxygen atoms in total. The predicted molar refractivity (Wildman–Crippen MR) is 236 cm³/mol. The zero-order chi connectivity index (χ0) is 35.8. The molecule has 0 fully saturated rings. The van der Waals surface area contributed by atoms with E-state index in [1.54, 1.807) is 0 Å². The number of para-hydroxylation sites is 2. The molecular formula is C52H31BN2. The number of anilines is 3. The molecule has 0 spiro atoms. The van der Waals surface area contributed by atoms with Crippen molar-refractivity contribution in [3.05, 3.63) is 188 Å². The standard InChI is InChI=1S/C52H31BN2/c1-2-17-41(18-3-1)54-47-29-35-15-7-6-14-34(35)27-44(47)53-45-28-38-16-8-9-19-42(38)50-43-20-10-11-21-46(43)55(52(45)50)49-31-40(30-48(54)51(49)53)37-23-22-36-24-32-12-4-5-13-33(32)25-39(36)26-37/h1-31H. The monoisotopic (exact) mass is 694 g/mol. The quantitative estimate of drug-likeness (QED) is 0.129. The van der Waals surface area contributed by atoms with Crippen molar-refractivity contribution in [2.45, 2.75) is 0 Å². The van der Waals surface area contributed by atoms with Gasteiger partial charge in [-0.05, 0) is 125 Å². The zero-order valence-electron chi connectivity index (χ0n) is 29.9. The average molecular weight is 695 g/mol. The van der Waals surface area contributed by atoms with E-state index >= 15 is 0 Å². The first-order valence-corrected chi connectivity index (χ1v) is 19.2. The highest BCUT2D eigenvalue weighted by atomic mass is 15.2. The van der Waals surface area contributed by atoms with Crippen molar-refractivity contribution >= 4 is 105 Å². The van der Waals surface area contributed by atoms with Crippen LogP contribution in [-0.2, 0) is 0 Å². The minimum absolute atomic E-state index is 0.0468. The zero-order valence-corrected chi connectivity index (χ0v) is 29.9. The van der Waals surface area contributed by atoms with Crippen LogP contribution in [0.3, 0.4) is 0 Å². The first-order chi connectivity index (χ1) is 27.3. The number of rotatable bonds is 2. The lowest BCUT2D eigenvalue weighted by atomic mass is 9.33. The Morgan fingerprint density at radius 3 is 1.76 bits per heavy atom. The summed E-state index contributed by atoms with van der Waals surface area (Å²) in [6.45, 7) is 0.0468. The minimum atomic E-state index is 0.0468. The normalized spacial score (nSPS) is 13.0. The van der Waals surface area contributed by atoms with Crippen molar-refractivity contribution < 1.29 is 0 Å². The van der Waals surface area contributed by atoms with Gasteiger partial charge in [-0.3, -0.25) is 0 Å². The molecule has 2 aliphatic rings. The molecule has 11 aromatic rings. The summed E-state index contributed by atoms with van der Waals surface area (Å²) in [6, 6.07) is 70.4. The summed E-state index contributed by atoms with van der Waals surface area (Å²) in [5.74, 6) is 0. The molecule has 0 bridgehead atoms. The van der Waals surface area contributed by atoms with Gasteiger partial charge < -0.3 is 9.47 Å². The van der Waals surface area contributed by atoms with Gasteiger partial charge in [-0.15, -0.1) is 0 Å². The number of nitrogens with zero attached hydrogens (tertiary/aromatic N) is 2. The van der Waals surface area contributed by atoms with Crippen LogP contribution in [0.5, 0.6) is 0 Å². The van der Waals surface area contributed by atoms with Gasteiger partial charge in [0.2, 0.25) is 0 Å². The smallest absolute Gasteiger partial charge is 0.252 e. The Kier molecular flexibility index (Phi) is 5.74. The van der Waals surface area contributed by atoms with Gasteiger partial charge in [0.05, 0.1) is 11.0 Å². The van der Waals surface area contributed by atoms with Crippen molar-refractivity contribution in [2.75, 3.05) is 4.90 Å². The minimum Gasteiger partial charge on any atom is -0.311 e. The maximum atomic E-state index is 2.59. The third-order valence-electron chi connectivity index (χ3n) is 12.4. The first kappa shape index (κ1) is 29.4. The Balaban J connectivity index is 1.21. The summed E-state index contributed by atoms with van der Waals surface area (Å²) >= 11 is 0. The second-order valence-electron chi connectivity index (χ2n) is 15.3. The molecular weight excluding hydrogens is 663 g/mol. The number of aromatic nitrogens is 1. The van der Waals surface area contributed by atoms with E-state index < -0.39 is 0 Å². The highest BCUT2D eigenvalue weighted by Crippen LogP contribution is 2.45. The van der Waals surface area contributed by atoms with Crippen LogP contribution in [0.2, 0.25) is 0 Å². The molecule has 0 radical (unpaired) electrons. The second kappa shape index (κ2) is 10.7. The van der Waals surface area contributed by atoms with Crippen LogP contribution in [0.15, 0.2) is 188 Å². The molecule has 0 atom stereocenters. The Morgan fingerprint density at radius 1 is 0.364 bits per heavy atom. The van der Waals surface area contributed by atoms with Gasteiger partial charge in [0, 0.05) is 33.5 Å². The highest BCUT2D eigenvalue weighted by molar-refractivity contribution is 7.00. The Morgan fingerprint density at radius 2 is 0.964 bits per heavy atom. The van der Waals surface area contributed by atoms with Crippen molar-refractivity contribution in [1.29, 1.82) is 0 Å². The molecule has 0 saturated heterocycles. The highest BCUT2D eigenvalue weighted by Gasteiger charge is 2.43. The number of hydrogen-bond donors (Lipinski definition) is 0. The third kappa shape index (κ3) is 3.99. The van der Waals surface area contributed by atoms with Gasteiger partial charge in [0.15, 0.2) is 0 Å². The number of benzene rings is 10. The molecule has 3 heterocycles. The summed E-state index contributed by atoms with van der Waals surface area (Å²) in [4.78, 5) is 2.53. The summed E-state index contributed by atoms with van der Waals surface area (Å²) in [5.41, 5.74) is 13.9.